The molecule has 110 valence electrons. The van der Waals surface area contributed by atoms with Gasteiger partial charge in [-0.1, -0.05) is 0 Å². The highest BCUT2D eigenvalue weighted by molar-refractivity contribution is 7.89. The van der Waals surface area contributed by atoms with Crippen molar-refractivity contribution in [2.24, 2.45) is 5.14 Å². The molecule has 0 aromatic heterocycles. The van der Waals surface area contributed by atoms with Gasteiger partial charge in [0.25, 0.3) is 5.69 Å². The molecule has 0 saturated carbocycles. The zero-order chi connectivity index (χ0) is 15.7. The van der Waals surface area contributed by atoms with E-state index in [1.54, 1.807) is 0 Å². The fraction of sp³-hybridized carbons (Fsp3) is 0.300. The summed E-state index contributed by atoms with van der Waals surface area (Å²) in [6.45, 7) is 2.62. The van der Waals surface area contributed by atoms with Crippen molar-refractivity contribution in [2.75, 3.05) is 5.32 Å². The summed E-state index contributed by atoms with van der Waals surface area (Å²) in [6, 6.07) is 2.93. The molecule has 9 nitrogen and oxygen atoms in total. The molecule has 0 fully saturated rings. The second-order valence-electron chi connectivity index (χ2n) is 4.54. The number of nitrogens with two attached hydrogens (primary N) is 1. The molecule has 1 rings (SSSR count). The average molecular weight is 303 g/mol. The molecule has 10 heteroatoms. The van der Waals surface area contributed by atoms with Crippen LogP contribution in [0.5, 0.6) is 0 Å². The van der Waals surface area contributed by atoms with Crippen molar-refractivity contribution in [3.63, 3.8) is 0 Å². The lowest BCUT2D eigenvalue weighted by Gasteiger charge is -2.22. The van der Waals surface area contributed by atoms with Crippen LogP contribution in [0, 0.1) is 10.1 Å². The van der Waals surface area contributed by atoms with Crippen LogP contribution in [-0.4, -0.2) is 30.0 Å². The van der Waals surface area contributed by atoms with E-state index in [0.29, 0.717) is 0 Å². The van der Waals surface area contributed by atoms with E-state index >= 15 is 0 Å². The SMILES string of the molecule is CC(C)(Nc1ccc(S(N)(=O)=O)cc1[N+](=O)[O-])C(=O)O. The third kappa shape index (κ3) is 3.42. The maximum absolute atomic E-state index is 11.2. The largest absolute Gasteiger partial charge is 0.480 e. The minimum atomic E-state index is -4.08. The normalized spacial score (nSPS) is 11.9. The maximum Gasteiger partial charge on any atom is 0.328 e. The van der Waals surface area contributed by atoms with Crippen LogP contribution >= 0.6 is 0 Å². The number of rotatable bonds is 5. The highest BCUT2D eigenvalue weighted by Gasteiger charge is 2.30. The number of primary sulfonamides is 1. The highest BCUT2D eigenvalue weighted by Crippen LogP contribution is 2.29. The van der Waals surface area contributed by atoms with Crippen LogP contribution < -0.4 is 10.5 Å². The Balaban J connectivity index is 3.36. The summed E-state index contributed by atoms with van der Waals surface area (Å²) in [5, 5.41) is 27.3. The number of benzene rings is 1. The fourth-order valence-corrected chi connectivity index (χ4v) is 1.87. The predicted molar refractivity (Wildman–Crippen MR) is 69.8 cm³/mol. The molecule has 0 heterocycles. The van der Waals surface area contributed by atoms with Gasteiger partial charge in [0.15, 0.2) is 0 Å². The third-order valence-electron chi connectivity index (χ3n) is 2.48. The molecule has 0 unspecified atom stereocenters. The number of carbonyl (C=O) groups is 1. The molecule has 4 N–H and O–H groups in total. The summed E-state index contributed by atoms with van der Waals surface area (Å²) in [5.41, 5.74) is -2.16. The number of carboxylic acid groups (broad SMARTS) is 1. The highest BCUT2D eigenvalue weighted by atomic mass is 32.2. The van der Waals surface area contributed by atoms with E-state index in [4.69, 9.17) is 10.2 Å². The van der Waals surface area contributed by atoms with Crippen LogP contribution in [0.15, 0.2) is 23.1 Å². The first-order valence-electron chi connectivity index (χ1n) is 5.28. The molecule has 20 heavy (non-hydrogen) atoms. The number of aliphatic carboxylic acids is 1. The zero-order valence-corrected chi connectivity index (χ0v) is 11.5. The summed E-state index contributed by atoms with van der Waals surface area (Å²) < 4.78 is 22.3. The lowest BCUT2D eigenvalue weighted by molar-refractivity contribution is -0.384. The minimum absolute atomic E-state index is 0.116. The van der Waals surface area contributed by atoms with Crippen LogP contribution in [0.1, 0.15) is 13.8 Å². The number of hydrogen-bond donors (Lipinski definition) is 3. The standard InChI is InChI=1S/C10H13N3O6S/c1-10(2,9(14)15)12-7-4-3-6(20(11,18)19)5-8(7)13(16)17/h3-5,12H,1-2H3,(H,14,15)(H2,11,18,19). The number of carboxylic acids is 1. The van der Waals surface area contributed by atoms with Crippen molar-refractivity contribution in [2.45, 2.75) is 24.3 Å². The Hall–Kier alpha value is -2.20. The Kier molecular flexibility index (Phi) is 4.01. The van der Waals surface area contributed by atoms with E-state index in [1.807, 2.05) is 0 Å². The average Bonchev–Trinajstić information content (AvgIpc) is 2.26. The number of nitrogens with zero attached hydrogens (tertiary/aromatic N) is 1. The predicted octanol–water partition coefficient (Wildman–Crippen LogP) is 0.517. The van der Waals surface area contributed by atoms with Crippen LogP contribution in [0.4, 0.5) is 11.4 Å². The monoisotopic (exact) mass is 303 g/mol. The molecule has 1 aromatic rings. The number of nitrogens with one attached hydrogen (secondary N) is 1. The van der Waals surface area contributed by atoms with Crippen LogP contribution in [0.2, 0.25) is 0 Å². The van der Waals surface area contributed by atoms with Crippen molar-refractivity contribution in [3.05, 3.63) is 28.3 Å². The molecular weight excluding hydrogens is 290 g/mol. The van der Waals surface area contributed by atoms with E-state index in [9.17, 15) is 23.3 Å². The van der Waals surface area contributed by atoms with E-state index in [0.717, 1.165) is 18.2 Å². The van der Waals surface area contributed by atoms with E-state index < -0.39 is 37.0 Å². The van der Waals surface area contributed by atoms with Gasteiger partial charge in [0.2, 0.25) is 10.0 Å². The summed E-state index contributed by atoms with van der Waals surface area (Å²) in [7, 11) is -4.08. The number of sulfonamides is 1. The first-order chi connectivity index (χ1) is 8.95. The molecule has 0 radical (unpaired) electrons. The number of hydrogen-bond acceptors (Lipinski definition) is 6. The number of anilines is 1. The Morgan fingerprint density at radius 2 is 2.00 bits per heavy atom. The first-order valence-corrected chi connectivity index (χ1v) is 6.82. The minimum Gasteiger partial charge on any atom is -0.480 e. The molecule has 0 atom stereocenters. The summed E-state index contributed by atoms with van der Waals surface area (Å²) >= 11 is 0. The second-order valence-corrected chi connectivity index (χ2v) is 6.10. The van der Waals surface area contributed by atoms with Gasteiger partial charge >= 0.3 is 5.97 Å². The lowest BCUT2D eigenvalue weighted by atomic mass is 10.1. The quantitative estimate of drug-likeness (QED) is 0.529. The van der Waals surface area contributed by atoms with Crippen molar-refractivity contribution in [3.8, 4) is 0 Å². The first kappa shape index (κ1) is 15.9. The van der Waals surface area contributed by atoms with Gasteiger partial charge in [-0.2, -0.15) is 0 Å². The van der Waals surface area contributed by atoms with Gasteiger partial charge in [-0.15, -0.1) is 0 Å². The summed E-state index contributed by atoms with van der Waals surface area (Å²) in [5.74, 6) is -1.22. The molecule has 0 aliphatic heterocycles. The molecule has 1 aromatic carbocycles. The third-order valence-corrected chi connectivity index (χ3v) is 3.39. The van der Waals surface area contributed by atoms with Crippen molar-refractivity contribution < 1.29 is 23.2 Å². The maximum atomic E-state index is 11.2. The van der Waals surface area contributed by atoms with E-state index in [-0.39, 0.29) is 5.69 Å². The fourth-order valence-electron chi connectivity index (χ4n) is 1.34. The Labute approximate surface area is 114 Å². The molecule has 0 aliphatic carbocycles. The van der Waals surface area contributed by atoms with Crippen LogP contribution in [0.3, 0.4) is 0 Å². The Bertz CT molecular complexity index is 668. The number of nitro groups is 1. The van der Waals surface area contributed by atoms with Crippen molar-refractivity contribution >= 4 is 27.4 Å². The number of nitro benzene ring substituents is 1. The van der Waals surface area contributed by atoms with Crippen LogP contribution in [0.25, 0.3) is 0 Å². The molecule has 0 spiro atoms. The van der Waals surface area contributed by atoms with Gasteiger partial charge in [0, 0.05) is 6.07 Å². The van der Waals surface area contributed by atoms with Gasteiger partial charge in [-0.05, 0) is 26.0 Å². The molecule has 0 amide bonds. The van der Waals surface area contributed by atoms with Gasteiger partial charge < -0.3 is 10.4 Å². The van der Waals surface area contributed by atoms with Crippen molar-refractivity contribution in [1.82, 2.24) is 0 Å². The zero-order valence-electron chi connectivity index (χ0n) is 10.7. The summed E-state index contributed by atoms with van der Waals surface area (Å²) in [6.07, 6.45) is 0. The smallest absolute Gasteiger partial charge is 0.328 e. The summed E-state index contributed by atoms with van der Waals surface area (Å²) in [4.78, 5) is 20.7. The Morgan fingerprint density at radius 3 is 2.40 bits per heavy atom. The van der Waals surface area contributed by atoms with Gasteiger partial charge in [-0.3, -0.25) is 10.1 Å². The molecule has 0 saturated heterocycles. The van der Waals surface area contributed by atoms with Crippen LogP contribution in [-0.2, 0) is 14.8 Å². The molecule has 0 bridgehead atoms. The Morgan fingerprint density at radius 1 is 1.45 bits per heavy atom. The van der Waals surface area contributed by atoms with Crippen molar-refractivity contribution in [1.29, 1.82) is 0 Å². The van der Waals surface area contributed by atoms with Gasteiger partial charge in [0.1, 0.15) is 11.2 Å². The lowest BCUT2D eigenvalue weighted by Crippen LogP contribution is -2.40. The van der Waals surface area contributed by atoms with E-state index in [2.05, 4.69) is 5.32 Å². The van der Waals surface area contributed by atoms with E-state index in [1.165, 1.54) is 13.8 Å². The molecule has 0 aliphatic rings. The van der Waals surface area contributed by atoms with Gasteiger partial charge in [0.05, 0.1) is 9.82 Å². The second kappa shape index (κ2) is 5.06. The topological polar surface area (TPSA) is 153 Å². The molecular formula is C10H13N3O6S. The van der Waals surface area contributed by atoms with Gasteiger partial charge in [-0.25, -0.2) is 18.4 Å².